The largest absolute Gasteiger partial charge is 0.351 e. The van der Waals surface area contributed by atoms with Crippen LogP contribution in [0.3, 0.4) is 0 Å². The zero-order valence-electron chi connectivity index (χ0n) is 14.2. The van der Waals surface area contributed by atoms with Crippen molar-refractivity contribution >= 4 is 28.5 Å². The van der Waals surface area contributed by atoms with Crippen LogP contribution < -0.4 is 11.1 Å². The lowest BCUT2D eigenvalue weighted by Crippen LogP contribution is -2.35. The first-order chi connectivity index (χ1) is 12.1. The topological polar surface area (TPSA) is 68.8 Å². The second-order valence-electron chi connectivity index (χ2n) is 6.83. The van der Waals surface area contributed by atoms with Crippen LogP contribution in [0.2, 0.25) is 5.02 Å². The lowest BCUT2D eigenvalue weighted by atomic mass is 9.92. The summed E-state index contributed by atoms with van der Waals surface area (Å²) < 4.78 is 2.09. The summed E-state index contributed by atoms with van der Waals surface area (Å²) in [6, 6.07) is 8.84. The van der Waals surface area contributed by atoms with Crippen molar-refractivity contribution in [2.45, 2.75) is 37.8 Å². The lowest BCUT2D eigenvalue weighted by molar-refractivity contribution is 0.408. The summed E-state index contributed by atoms with van der Waals surface area (Å²) in [6.45, 7) is 0. The summed E-state index contributed by atoms with van der Waals surface area (Å²) >= 11 is 6.42. The highest BCUT2D eigenvalue weighted by molar-refractivity contribution is 6.33. The third-order valence-electron chi connectivity index (χ3n) is 4.94. The molecule has 3 N–H and O–H groups in total. The van der Waals surface area contributed by atoms with Crippen LogP contribution in [0, 0.1) is 0 Å². The van der Waals surface area contributed by atoms with Crippen LogP contribution in [-0.2, 0) is 7.05 Å². The van der Waals surface area contributed by atoms with Crippen LogP contribution in [0.1, 0.15) is 25.7 Å². The van der Waals surface area contributed by atoms with E-state index in [4.69, 9.17) is 22.3 Å². The average Bonchev–Trinajstić information content (AvgIpc) is 2.94. The van der Waals surface area contributed by atoms with Gasteiger partial charge in [-0.15, -0.1) is 0 Å². The molecule has 5 nitrogen and oxygen atoms in total. The van der Waals surface area contributed by atoms with Crippen LogP contribution in [0.4, 0.5) is 5.95 Å². The molecule has 3 aromatic rings. The van der Waals surface area contributed by atoms with Gasteiger partial charge in [-0.3, -0.25) is 0 Å². The first kappa shape index (κ1) is 16.4. The quantitative estimate of drug-likeness (QED) is 0.745. The highest BCUT2D eigenvalue weighted by atomic mass is 35.5. The molecule has 0 bridgehead atoms. The maximum atomic E-state index is 6.42. The lowest BCUT2D eigenvalue weighted by Gasteiger charge is -2.27. The van der Waals surface area contributed by atoms with Crippen molar-refractivity contribution < 1.29 is 0 Å². The monoisotopic (exact) mass is 355 g/mol. The van der Waals surface area contributed by atoms with Gasteiger partial charge in [0.05, 0.1) is 16.9 Å². The third kappa shape index (κ3) is 3.22. The standard InChI is InChI=1S/C19H22ClN5/c1-25-11-15(14-7-2-3-8-17(14)25)18-16(20)10-22-19(24-18)23-13-6-4-5-12(21)9-13/h2-3,7-8,10-13H,4-6,9,21H2,1H3,(H,22,23,24)/t12-,13+/m0/s1. The van der Waals surface area contributed by atoms with Crippen molar-refractivity contribution in [3.8, 4) is 11.3 Å². The van der Waals surface area contributed by atoms with Crippen LogP contribution in [0.5, 0.6) is 0 Å². The minimum Gasteiger partial charge on any atom is -0.351 e. The molecule has 130 valence electrons. The molecule has 1 aliphatic rings. The van der Waals surface area contributed by atoms with E-state index in [0.717, 1.165) is 47.8 Å². The van der Waals surface area contributed by atoms with Gasteiger partial charge in [-0.1, -0.05) is 29.8 Å². The predicted molar refractivity (Wildman–Crippen MR) is 103 cm³/mol. The van der Waals surface area contributed by atoms with E-state index in [9.17, 15) is 0 Å². The summed E-state index contributed by atoms with van der Waals surface area (Å²) in [4.78, 5) is 9.09. The smallest absolute Gasteiger partial charge is 0.223 e. The molecule has 1 aromatic carbocycles. The molecule has 2 aromatic heterocycles. The van der Waals surface area contributed by atoms with Gasteiger partial charge in [0.25, 0.3) is 0 Å². The number of nitrogens with one attached hydrogen (secondary N) is 1. The molecule has 0 saturated heterocycles. The minimum atomic E-state index is 0.260. The Hall–Kier alpha value is -2.11. The zero-order valence-corrected chi connectivity index (χ0v) is 15.0. The highest BCUT2D eigenvalue weighted by Gasteiger charge is 2.21. The van der Waals surface area contributed by atoms with Crippen molar-refractivity contribution in [3.63, 3.8) is 0 Å². The number of fused-ring (bicyclic) bond motifs is 1. The number of rotatable bonds is 3. The summed E-state index contributed by atoms with van der Waals surface area (Å²) in [6.07, 6.45) is 8.04. The molecule has 4 rings (SSSR count). The molecule has 0 unspecified atom stereocenters. The number of nitrogens with two attached hydrogens (primary N) is 1. The van der Waals surface area contributed by atoms with Gasteiger partial charge >= 0.3 is 0 Å². The van der Waals surface area contributed by atoms with E-state index in [1.54, 1.807) is 6.20 Å². The molecule has 2 heterocycles. The van der Waals surface area contributed by atoms with Crippen molar-refractivity contribution in [2.24, 2.45) is 12.8 Å². The Balaban J connectivity index is 1.70. The van der Waals surface area contributed by atoms with Crippen LogP contribution in [-0.4, -0.2) is 26.6 Å². The molecule has 1 fully saturated rings. The number of para-hydroxylation sites is 1. The Labute approximate surface area is 152 Å². The predicted octanol–water partition coefficient (Wildman–Crippen LogP) is 3.97. The van der Waals surface area contributed by atoms with E-state index in [1.807, 2.05) is 19.2 Å². The molecule has 6 heteroatoms. The molecular weight excluding hydrogens is 334 g/mol. The summed E-state index contributed by atoms with van der Waals surface area (Å²) in [7, 11) is 2.03. The molecule has 25 heavy (non-hydrogen) atoms. The van der Waals surface area contributed by atoms with Crippen molar-refractivity contribution in [3.05, 3.63) is 41.7 Å². The van der Waals surface area contributed by atoms with E-state index in [0.29, 0.717) is 17.0 Å². The first-order valence-corrected chi connectivity index (χ1v) is 9.08. The first-order valence-electron chi connectivity index (χ1n) is 8.71. The van der Waals surface area contributed by atoms with Gasteiger partial charge < -0.3 is 15.6 Å². The highest BCUT2D eigenvalue weighted by Crippen LogP contribution is 2.33. The number of benzene rings is 1. The van der Waals surface area contributed by atoms with Crippen LogP contribution in [0.25, 0.3) is 22.2 Å². The van der Waals surface area contributed by atoms with Gasteiger partial charge in [0.2, 0.25) is 5.95 Å². The maximum absolute atomic E-state index is 6.42. The van der Waals surface area contributed by atoms with E-state index in [-0.39, 0.29) is 6.04 Å². The number of aryl methyl sites for hydroxylation is 1. The Bertz CT molecular complexity index is 904. The van der Waals surface area contributed by atoms with Crippen molar-refractivity contribution in [1.82, 2.24) is 14.5 Å². The fourth-order valence-corrected chi connectivity index (χ4v) is 3.89. The van der Waals surface area contributed by atoms with Crippen molar-refractivity contribution in [1.29, 1.82) is 0 Å². The molecule has 0 aliphatic heterocycles. The molecule has 0 spiro atoms. The third-order valence-corrected chi connectivity index (χ3v) is 5.22. The maximum Gasteiger partial charge on any atom is 0.223 e. The minimum absolute atomic E-state index is 0.260. The zero-order chi connectivity index (χ0) is 17.4. The van der Waals surface area contributed by atoms with E-state index in [1.165, 1.54) is 0 Å². The number of aromatic nitrogens is 3. The number of hydrogen-bond acceptors (Lipinski definition) is 4. The van der Waals surface area contributed by atoms with Gasteiger partial charge in [0, 0.05) is 41.8 Å². The van der Waals surface area contributed by atoms with E-state index >= 15 is 0 Å². The summed E-state index contributed by atoms with van der Waals surface area (Å²) in [5.41, 5.74) is 9.02. The second kappa shape index (κ2) is 6.65. The van der Waals surface area contributed by atoms with Crippen LogP contribution in [0.15, 0.2) is 36.7 Å². The Kier molecular flexibility index (Phi) is 4.36. The van der Waals surface area contributed by atoms with E-state index < -0.39 is 0 Å². The molecule has 0 radical (unpaired) electrons. The van der Waals surface area contributed by atoms with Crippen molar-refractivity contribution in [2.75, 3.05) is 5.32 Å². The molecule has 1 aliphatic carbocycles. The fourth-order valence-electron chi connectivity index (χ4n) is 3.70. The fraction of sp³-hybridized carbons (Fsp3) is 0.368. The molecular formula is C19H22ClN5. The van der Waals surface area contributed by atoms with Gasteiger partial charge in [-0.05, 0) is 31.7 Å². The summed E-state index contributed by atoms with van der Waals surface area (Å²) in [5, 5.41) is 5.13. The Morgan fingerprint density at radius 1 is 1.28 bits per heavy atom. The molecule has 0 amide bonds. The normalized spacial score (nSPS) is 20.8. The van der Waals surface area contributed by atoms with Crippen LogP contribution >= 0.6 is 11.6 Å². The van der Waals surface area contributed by atoms with Gasteiger partial charge in [-0.2, -0.15) is 0 Å². The molecule has 1 saturated carbocycles. The summed E-state index contributed by atoms with van der Waals surface area (Å²) in [5.74, 6) is 0.617. The van der Waals surface area contributed by atoms with Gasteiger partial charge in [0.1, 0.15) is 0 Å². The Morgan fingerprint density at radius 3 is 2.96 bits per heavy atom. The van der Waals surface area contributed by atoms with Gasteiger partial charge in [0.15, 0.2) is 0 Å². The number of nitrogens with zero attached hydrogens (tertiary/aromatic N) is 3. The Morgan fingerprint density at radius 2 is 2.12 bits per heavy atom. The average molecular weight is 356 g/mol. The van der Waals surface area contributed by atoms with E-state index in [2.05, 4.69) is 33.2 Å². The SMILES string of the molecule is Cn1cc(-c2nc(N[C@@H]3CCC[C@H](N)C3)ncc2Cl)c2ccccc21. The molecule has 2 atom stereocenters. The number of halogens is 1. The second-order valence-corrected chi connectivity index (χ2v) is 7.24. The number of hydrogen-bond donors (Lipinski definition) is 2. The van der Waals surface area contributed by atoms with Gasteiger partial charge in [-0.25, -0.2) is 9.97 Å². The number of anilines is 1.